The minimum atomic E-state index is -0.286. The van der Waals surface area contributed by atoms with Gasteiger partial charge < -0.3 is 15.4 Å². The third-order valence-electron chi connectivity index (χ3n) is 3.93. The lowest BCUT2D eigenvalue weighted by molar-refractivity contribution is -0.123. The van der Waals surface area contributed by atoms with Gasteiger partial charge in [0.1, 0.15) is 5.75 Å². The minimum Gasteiger partial charge on any atom is -0.483 e. The Morgan fingerprint density at radius 3 is 2.22 bits per heavy atom. The predicted molar refractivity (Wildman–Crippen MR) is 107 cm³/mol. The van der Waals surface area contributed by atoms with Gasteiger partial charge >= 0.3 is 0 Å². The van der Waals surface area contributed by atoms with Crippen LogP contribution in [0.2, 0.25) is 0 Å². The molecule has 5 heteroatoms. The Labute approximate surface area is 158 Å². The minimum absolute atomic E-state index is 0.0264. The summed E-state index contributed by atoms with van der Waals surface area (Å²) >= 11 is 0. The van der Waals surface area contributed by atoms with Gasteiger partial charge in [-0.1, -0.05) is 42.5 Å². The molecular weight excluding hydrogens is 340 g/mol. The van der Waals surface area contributed by atoms with Crippen molar-refractivity contribution in [3.63, 3.8) is 0 Å². The van der Waals surface area contributed by atoms with E-state index in [4.69, 9.17) is 4.74 Å². The van der Waals surface area contributed by atoms with Gasteiger partial charge in [0.2, 0.25) is 0 Å². The van der Waals surface area contributed by atoms with Gasteiger partial charge in [0.25, 0.3) is 11.8 Å². The number of fused-ring (bicyclic) bond motifs is 1. The first-order valence-electron chi connectivity index (χ1n) is 8.84. The first kappa shape index (κ1) is 18.5. The molecule has 5 nitrogen and oxygen atoms in total. The molecule has 0 spiro atoms. The molecule has 0 aliphatic rings. The summed E-state index contributed by atoms with van der Waals surface area (Å²) in [5.74, 6) is -0.139. The first-order chi connectivity index (χ1) is 13.0. The van der Waals surface area contributed by atoms with E-state index in [9.17, 15) is 9.59 Å². The average molecular weight is 362 g/mol. The van der Waals surface area contributed by atoms with Crippen molar-refractivity contribution in [2.75, 3.05) is 11.9 Å². The van der Waals surface area contributed by atoms with Crippen LogP contribution in [0, 0.1) is 0 Å². The van der Waals surface area contributed by atoms with Crippen molar-refractivity contribution >= 4 is 28.3 Å². The molecule has 0 saturated carbocycles. The summed E-state index contributed by atoms with van der Waals surface area (Å²) in [5.41, 5.74) is 1.08. The fourth-order valence-electron chi connectivity index (χ4n) is 2.74. The Hall–Kier alpha value is -3.34. The standard InChI is InChI=1S/C22H22N2O3/c1-15(2)23-21(25)14-27-20-13-17-9-7-6-8-16(17)12-19(20)22(26)24-18-10-4-3-5-11-18/h3-13,15H,14H2,1-2H3,(H,23,25)(H,24,26). The molecule has 27 heavy (non-hydrogen) atoms. The molecule has 2 N–H and O–H groups in total. The molecule has 0 atom stereocenters. The van der Waals surface area contributed by atoms with Crippen molar-refractivity contribution in [3.05, 3.63) is 72.3 Å². The summed E-state index contributed by atoms with van der Waals surface area (Å²) in [5, 5.41) is 7.50. The Kier molecular flexibility index (Phi) is 5.71. The maximum atomic E-state index is 12.8. The number of hydrogen-bond acceptors (Lipinski definition) is 3. The normalized spacial score (nSPS) is 10.6. The molecule has 3 aromatic rings. The smallest absolute Gasteiger partial charge is 0.259 e. The lowest BCUT2D eigenvalue weighted by Gasteiger charge is -2.14. The Morgan fingerprint density at radius 1 is 0.926 bits per heavy atom. The zero-order valence-electron chi connectivity index (χ0n) is 15.4. The zero-order valence-corrected chi connectivity index (χ0v) is 15.4. The predicted octanol–water partition coefficient (Wildman–Crippen LogP) is 4.00. The number of rotatable bonds is 6. The quantitative estimate of drug-likeness (QED) is 0.697. The third kappa shape index (κ3) is 4.85. The molecule has 0 radical (unpaired) electrons. The fourth-order valence-corrected chi connectivity index (χ4v) is 2.74. The summed E-state index contributed by atoms with van der Waals surface area (Å²) < 4.78 is 5.69. The maximum Gasteiger partial charge on any atom is 0.259 e. The Bertz CT molecular complexity index is 952. The van der Waals surface area contributed by atoms with E-state index >= 15 is 0 Å². The van der Waals surface area contributed by atoms with Crippen LogP contribution in [0.3, 0.4) is 0 Å². The molecule has 0 aliphatic heterocycles. The number of hydrogen-bond donors (Lipinski definition) is 2. The monoisotopic (exact) mass is 362 g/mol. The highest BCUT2D eigenvalue weighted by atomic mass is 16.5. The van der Waals surface area contributed by atoms with Crippen molar-refractivity contribution in [1.82, 2.24) is 5.32 Å². The summed E-state index contributed by atoms with van der Waals surface area (Å²) in [7, 11) is 0. The van der Waals surface area contributed by atoms with Crippen LogP contribution in [0.5, 0.6) is 5.75 Å². The lowest BCUT2D eigenvalue weighted by Crippen LogP contribution is -2.34. The number of carbonyl (C=O) groups is 2. The highest BCUT2D eigenvalue weighted by Gasteiger charge is 2.16. The Morgan fingerprint density at radius 2 is 1.56 bits per heavy atom. The van der Waals surface area contributed by atoms with E-state index in [1.54, 1.807) is 12.1 Å². The van der Waals surface area contributed by atoms with Crippen LogP contribution in [0.25, 0.3) is 10.8 Å². The highest BCUT2D eigenvalue weighted by Crippen LogP contribution is 2.27. The van der Waals surface area contributed by atoms with E-state index in [2.05, 4.69) is 10.6 Å². The van der Waals surface area contributed by atoms with E-state index in [-0.39, 0.29) is 24.5 Å². The lowest BCUT2D eigenvalue weighted by atomic mass is 10.1. The molecule has 0 aromatic heterocycles. The number of para-hydroxylation sites is 1. The SMILES string of the molecule is CC(C)NC(=O)COc1cc2ccccc2cc1C(=O)Nc1ccccc1. The van der Waals surface area contributed by atoms with E-state index in [0.29, 0.717) is 17.0 Å². The molecular formula is C22H22N2O3. The molecule has 138 valence electrons. The van der Waals surface area contributed by atoms with Gasteiger partial charge in [-0.2, -0.15) is 0 Å². The molecule has 0 saturated heterocycles. The van der Waals surface area contributed by atoms with Gasteiger partial charge in [0.15, 0.2) is 6.61 Å². The third-order valence-corrected chi connectivity index (χ3v) is 3.93. The average Bonchev–Trinajstić information content (AvgIpc) is 2.66. The molecule has 3 aromatic carbocycles. The van der Waals surface area contributed by atoms with Crippen molar-refractivity contribution in [1.29, 1.82) is 0 Å². The Balaban J connectivity index is 1.89. The van der Waals surface area contributed by atoms with Crippen molar-refractivity contribution in [3.8, 4) is 5.75 Å². The molecule has 3 rings (SSSR count). The van der Waals surface area contributed by atoms with E-state index < -0.39 is 0 Å². The molecule has 0 unspecified atom stereocenters. The van der Waals surface area contributed by atoms with Crippen LogP contribution in [0.1, 0.15) is 24.2 Å². The van der Waals surface area contributed by atoms with Gasteiger partial charge in [-0.05, 0) is 48.9 Å². The van der Waals surface area contributed by atoms with Gasteiger partial charge in [0.05, 0.1) is 5.56 Å². The summed E-state index contributed by atoms with van der Waals surface area (Å²) in [6, 6.07) is 20.5. The van der Waals surface area contributed by atoms with Crippen LogP contribution >= 0.6 is 0 Å². The van der Waals surface area contributed by atoms with Crippen LogP contribution in [0.15, 0.2) is 66.7 Å². The summed E-state index contributed by atoms with van der Waals surface area (Å²) in [6.07, 6.45) is 0. The number of anilines is 1. The maximum absolute atomic E-state index is 12.8. The molecule has 0 aliphatic carbocycles. The van der Waals surface area contributed by atoms with Gasteiger partial charge in [0, 0.05) is 11.7 Å². The van der Waals surface area contributed by atoms with Crippen LogP contribution in [-0.2, 0) is 4.79 Å². The topological polar surface area (TPSA) is 67.4 Å². The molecule has 2 amide bonds. The van der Waals surface area contributed by atoms with Crippen molar-refractivity contribution in [2.24, 2.45) is 0 Å². The molecule has 0 fully saturated rings. The van der Waals surface area contributed by atoms with E-state index in [1.165, 1.54) is 0 Å². The van der Waals surface area contributed by atoms with Crippen LogP contribution in [-0.4, -0.2) is 24.5 Å². The first-order valence-corrected chi connectivity index (χ1v) is 8.84. The number of amides is 2. The van der Waals surface area contributed by atoms with Crippen LogP contribution in [0.4, 0.5) is 5.69 Å². The number of benzene rings is 3. The van der Waals surface area contributed by atoms with Crippen LogP contribution < -0.4 is 15.4 Å². The van der Waals surface area contributed by atoms with Crippen molar-refractivity contribution in [2.45, 2.75) is 19.9 Å². The summed E-state index contributed by atoms with van der Waals surface area (Å²) in [6.45, 7) is 3.61. The largest absolute Gasteiger partial charge is 0.483 e. The van der Waals surface area contributed by atoms with Gasteiger partial charge in [-0.25, -0.2) is 0 Å². The molecule has 0 heterocycles. The second-order valence-electron chi connectivity index (χ2n) is 6.53. The second kappa shape index (κ2) is 8.36. The number of nitrogens with one attached hydrogen (secondary N) is 2. The zero-order chi connectivity index (χ0) is 19.2. The van der Waals surface area contributed by atoms with Crippen molar-refractivity contribution < 1.29 is 14.3 Å². The second-order valence-corrected chi connectivity index (χ2v) is 6.53. The summed E-state index contributed by atoms with van der Waals surface area (Å²) in [4.78, 5) is 24.7. The van der Waals surface area contributed by atoms with E-state index in [0.717, 1.165) is 10.8 Å². The van der Waals surface area contributed by atoms with Gasteiger partial charge in [-0.3, -0.25) is 9.59 Å². The number of ether oxygens (including phenoxy) is 1. The van der Waals surface area contributed by atoms with Gasteiger partial charge in [-0.15, -0.1) is 0 Å². The highest BCUT2D eigenvalue weighted by molar-refractivity contribution is 6.08. The molecule has 0 bridgehead atoms. The number of carbonyl (C=O) groups excluding carboxylic acids is 2. The van der Waals surface area contributed by atoms with E-state index in [1.807, 2.05) is 68.4 Å². The fraction of sp³-hybridized carbons (Fsp3) is 0.182.